The van der Waals surface area contributed by atoms with Gasteiger partial charge < -0.3 is 14.5 Å². The number of nitrogens with one attached hydrogen (secondary N) is 2. The van der Waals surface area contributed by atoms with Crippen molar-refractivity contribution in [1.29, 1.82) is 0 Å². The Labute approximate surface area is 163 Å². The zero-order chi connectivity index (χ0) is 20.1. The van der Waals surface area contributed by atoms with Crippen LogP contribution in [0.1, 0.15) is 38.7 Å². The highest BCUT2D eigenvalue weighted by molar-refractivity contribution is 5.93. The van der Waals surface area contributed by atoms with Crippen LogP contribution in [0.5, 0.6) is 5.75 Å². The first-order valence-electron chi connectivity index (χ1n) is 9.15. The van der Waals surface area contributed by atoms with Gasteiger partial charge >= 0.3 is 6.01 Å². The molecule has 1 heterocycles. The van der Waals surface area contributed by atoms with E-state index in [0.29, 0.717) is 28.5 Å². The van der Waals surface area contributed by atoms with Crippen molar-refractivity contribution in [3.05, 3.63) is 48.0 Å². The van der Waals surface area contributed by atoms with Gasteiger partial charge in [-0.15, -0.1) is 0 Å². The van der Waals surface area contributed by atoms with Crippen molar-refractivity contribution in [3.63, 3.8) is 0 Å². The summed E-state index contributed by atoms with van der Waals surface area (Å²) in [7, 11) is 0. The Morgan fingerprint density at radius 3 is 2.57 bits per heavy atom. The van der Waals surface area contributed by atoms with Gasteiger partial charge in [-0.1, -0.05) is 26.0 Å². The molecule has 0 bridgehead atoms. The largest absolute Gasteiger partial charge is 0.484 e. The van der Waals surface area contributed by atoms with Crippen LogP contribution < -0.4 is 15.4 Å². The molecule has 1 atom stereocenters. The molecule has 0 saturated carbocycles. The van der Waals surface area contributed by atoms with Crippen LogP contribution in [0.15, 0.2) is 46.9 Å². The molecule has 146 valence electrons. The first-order chi connectivity index (χ1) is 13.4. The van der Waals surface area contributed by atoms with Gasteiger partial charge in [0.05, 0.1) is 0 Å². The van der Waals surface area contributed by atoms with Crippen LogP contribution in [0, 0.1) is 0 Å². The third-order valence-electron chi connectivity index (χ3n) is 4.39. The first kappa shape index (κ1) is 19.4. The van der Waals surface area contributed by atoms with Gasteiger partial charge in [-0.25, -0.2) is 0 Å². The Morgan fingerprint density at radius 2 is 1.89 bits per heavy atom. The molecule has 1 aromatic heterocycles. The Hall–Kier alpha value is -3.35. The Morgan fingerprint density at radius 1 is 1.14 bits per heavy atom. The lowest BCUT2D eigenvalue weighted by atomic mass is 9.99. The molecule has 2 N–H and O–H groups in total. The number of anilines is 2. The molecule has 3 aromatic rings. The van der Waals surface area contributed by atoms with Crippen LogP contribution in [-0.2, 0) is 9.59 Å². The molecule has 0 radical (unpaired) electrons. The summed E-state index contributed by atoms with van der Waals surface area (Å²) in [5, 5.41) is 5.24. The molecule has 0 aliphatic heterocycles. The van der Waals surface area contributed by atoms with Crippen LogP contribution in [-0.4, -0.2) is 23.4 Å². The van der Waals surface area contributed by atoms with Crippen molar-refractivity contribution in [2.45, 2.75) is 33.1 Å². The molecule has 0 fully saturated rings. The maximum atomic E-state index is 12.1. The lowest BCUT2D eigenvalue weighted by Crippen LogP contribution is -2.20. The number of carbonyl (C=O) groups is 2. The molecular weight excluding hydrogens is 358 g/mol. The lowest BCUT2D eigenvalue weighted by molar-refractivity contribution is -0.118. The molecule has 2 aromatic carbocycles. The second-order valence-electron chi connectivity index (χ2n) is 6.60. The lowest BCUT2D eigenvalue weighted by Gasteiger charge is -2.10. The maximum Gasteiger partial charge on any atom is 0.302 e. The molecule has 0 spiro atoms. The summed E-state index contributed by atoms with van der Waals surface area (Å²) in [5.41, 5.74) is 2.87. The van der Waals surface area contributed by atoms with Crippen molar-refractivity contribution in [2.24, 2.45) is 0 Å². The second kappa shape index (κ2) is 8.56. The minimum Gasteiger partial charge on any atom is -0.484 e. The number of oxazole rings is 1. The molecule has 28 heavy (non-hydrogen) atoms. The summed E-state index contributed by atoms with van der Waals surface area (Å²) in [6.45, 7) is 5.58. The number of amides is 2. The molecule has 0 aliphatic carbocycles. The second-order valence-corrected chi connectivity index (χ2v) is 6.60. The van der Waals surface area contributed by atoms with Crippen molar-refractivity contribution in [2.75, 3.05) is 17.2 Å². The fourth-order valence-corrected chi connectivity index (χ4v) is 2.69. The number of fused-ring (bicyclic) bond motifs is 1. The molecule has 0 aliphatic rings. The fraction of sp³-hybridized carbons (Fsp3) is 0.286. The number of hydrogen-bond acceptors (Lipinski definition) is 5. The normalized spacial score (nSPS) is 11.8. The zero-order valence-corrected chi connectivity index (χ0v) is 16.1. The van der Waals surface area contributed by atoms with Gasteiger partial charge in [0, 0.05) is 18.7 Å². The van der Waals surface area contributed by atoms with Gasteiger partial charge in [-0.05, 0) is 42.2 Å². The molecule has 0 saturated heterocycles. The van der Waals surface area contributed by atoms with Crippen molar-refractivity contribution in [1.82, 2.24) is 4.98 Å². The number of nitrogens with zero attached hydrogens (tertiary/aromatic N) is 1. The van der Waals surface area contributed by atoms with Crippen LogP contribution in [0.2, 0.25) is 0 Å². The molecule has 7 heteroatoms. The standard InChI is InChI=1S/C21H23N3O4/c1-4-13(2)15-5-8-17(9-6-15)27-12-20(26)24-21-23-18-10-7-16(22-14(3)25)11-19(18)28-21/h5-11,13H,4,12H2,1-3H3,(H,22,25)(H,23,24,26). The molecular formula is C21H23N3O4. The Bertz CT molecular complexity index is 979. The van der Waals surface area contributed by atoms with Gasteiger partial charge in [0.15, 0.2) is 12.2 Å². The maximum absolute atomic E-state index is 12.1. The molecule has 1 unspecified atom stereocenters. The van der Waals surface area contributed by atoms with E-state index in [1.54, 1.807) is 18.2 Å². The summed E-state index contributed by atoms with van der Waals surface area (Å²) in [4.78, 5) is 27.4. The molecule has 3 rings (SSSR count). The number of carbonyl (C=O) groups excluding carboxylic acids is 2. The number of aromatic nitrogens is 1. The summed E-state index contributed by atoms with van der Waals surface area (Å²) in [5.74, 6) is 0.559. The van der Waals surface area contributed by atoms with E-state index in [1.165, 1.54) is 12.5 Å². The van der Waals surface area contributed by atoms with E-state index in [9.17, 15) is 9.59 Å². The third-order valence-corrected chi connectivity index (χ3v) is 4.39. The fourth-order valence-electron chi connectivity index (χ4n) is 2.69. The third kappa shape index (κ3) is 4.88. The SMILES string of the molecule is CCC(C)c1ccc(OCC(=O)Nc2nc3ccc(NC(C)=O)cc3o2)cc1. The van der Waals surface area contributed by atoms with E-state index in [4.69, 9.17) is 9.15 Å². The van der Waals surface area contributed by atoms with E-state index >= 15 is 0 Å². The monoisotopic (exact) mass is 381 g/mol. The highest BCUT2D eigenvalue weighted by Crippen LogP contribution is 2.23. The van der Waals surface area contributed by atoms with E-state index < -0.39 is 0 Å². The van der Waals surface area contributed by atoms with Crippen molar-refractivity contribution in [3.8, 4) is 5.75 Å². The van der Waals surface area contributed by atoms with E-state index in [1.807, 2.05) is 24.3 Å². The first-order valence-corrected chi connectivity index (χ1v) is 9.15. The van der Waals surface area contributed by atoms with Gasteiger partial charge in [0.25, 0.3) is 5.91 Å². The number of ether oxygens (including phenoxy) is 1. The average Bonchev–Trinajstić information content (AvgIpc) is 3.07. The number of benzene rings is 2. The predicted octanol–water partition coefficient (Wildman–Crippen LogP) is 4.32. The smallest absolute Gasteiger partial charge is 0.302 e. The highest BCUT2D eigenvalue weighted by atomic mass is 16.5. The minimum absolute atomic E-state index is 0.0793. The zero-order valence-electron chi connectivity index (χ0n) is 16.1. The number of hydrogen-bond donors (Lipinski definition) is 2. The summed E-state index contributed by atoms with van der Waals surface area (Å²) >= 11 is 0. The molecule has 7 nitrogen and oxygen atoms in total. The van der Waals surface area contributed by atoms with Crippen LogP contribution in [0.4, 0.5) is 11.7 Å². The minimum atomic E-state index is -0.375. The topological polar surface area (TPSA) is 93.5 Å². The predicted molar refractivity (Wildman–Crippen MR) is 108 cm³/mol. The van der Waals surface area contributed by atoms with E-state index in [0.717, 1.165) is 6.42 Å². The number of rotatable bonds is 7. The van der Waals surface area contributed by atoms with Crippen molar-refractivity contribution >= 4 is 34.6 Å². The van der Waals surface area contributed by atoms with E-state index in [-0.39, 0.29) is 24.4 Å². The summed E-state index contributed by atoms with van der Waals surface area (Å²) < 4.78 is 11.0. The van der Waals surface area contributed by atoms with Crippen LogP contribution >= 0.6 is 0 Å². The van der Waals surface area contributed by atoms with Crippen LogP contribution in [0.25, 0.3) is 11.1 Å². The van der Waals surface area contributed by atoms with Gasteiger partial charge in [0.2, 0.25) is 5.91 Å². The Balaban J connectivity index is 1.57. The van der Waals surface area contributed by atoms with E-state index in [2.05, 4.69) is 29.5 Å². The van der Waals surface area contributed by atoms with Crippen LogP contribution in [0.3, 0.4) is 0 Å². The molecule has 2 amide bonds. The van der Waals surface area contributed by atoms with Crippen molar-refractivity contribution < 1.29 is 18.7 Å². The summed E-state index contributed by atoms with van der Waals surface area (Å²) in [6.07, 6.45) is 1.07. The van der Waals surface area contributed by atoms with Gasteiger partial charge in [0.1, 0.15) is 11.3 Å². The van der Waals surface area contributed by atoms with Gasteiger partial charge in [-0.3, -0.25) is 14.9 Å². The average molecular weight is 381 g/mol. The highest BCUT2D eigenvalue weighted by Gasteiger charge is 2.11. The quantitative estimate of drug-likeness (QED) is 0.636. The van der Waals surface area contributed by atoms with Gasteiger partial charge in [-0.2, -0.15) is 4.98 Å². The summed E-state index contributed by atoms with van der Waals surface area (Å²) in [6, 6.07) is 12.9. The Kier molecular flexibility index (Phi) is 5.93.